The molecule has 3 aliphatic carbocycles. The molecule has 0 saturated heterocycles. The summed E-state index contributed by atoms with van der Waals surface area (Å²) in [6, 6.07) is 0.610. The fourth-order valence-electron chi connectivity index (χ4n) is 5.85. The molecule has 152 valence electrons. The maximum Gasteiger partial charge on any atom is 0.321 e. The van der Waals surface area contributed by atoms with E-state index in [0.717, 1.165) is 43.2 Å². The quantitative estimate of drug-likeness (QED) is 0.449. The van der Waals surface area contributed by atoms with Crippen molar-refractivity contribution in [1.29, 1.82) is 0 Å². The number of aryl methyl sites for hydroxylation is 1. The molecule has 5 N–H and O–H groups in total. The predicted molar refractivity (Wildman–Crippen MR) is 106 cm³/mol. The Hall–Kier alpha value is -1.73. The highest BCUT2D eigenvalue weighted by Crippen LogP contribution is 2.61. The van der Waals surface area contributed by atoms with E-state index in [1.165, 1.54) is 11.8 Å². The van der Waals surface area contributed by atoms with E-state index in [2.05, 4.69) is 6.92 Å². The number of hydrogen-bond donors (Lipinski definition) is 4. The van der Waals surface area contributed by atoms with E-state index in [-0.39, 0.29) is 28.6 Å². The normalized spacial score (nSPS) is 32.4. The number of phenols is 2. The third kappa shape index (κ3) is 2.90. The number of aliphatic carboxylic acids is 1. The maximum atomic E-state index is 12.5. The zero-order chi connectivity index (χ0) is 20.2. The molecule has 0 unspecified atom stereocenters. The van der Waals surface area contributed by atoms with Crippen LogP contribution in [0.2, 0.25) is 0 Å². The topological polar surface area (TPSA) is 121 Å². The Bertz CT molecular complexity index is 841. The smallest absolute Gasteiger partial charge is 0.321 e. The van der Waals surface area contributed by atoms with Crippen molar-refractivity contribution in [3.8, 4) is 11.5 Å². The van der Waals surface area contributed by atoms with Gasteiger partial charge in [-0.25, -0.2) is 0 Å². The average Bonchev–Trinajstić information content (AvgIpc) is 2.96. The summed E-state index contributed by atoms with van der Waals surface area (Å²) < 4.78 is 0. The summed E-state index contributed by atoms with van der Waals surface area (Å²) >= 11 is 1.21. The lowest BCUT2D eigenvalue weighted by Gasteiger charge is -2.48. The Morgan fingerprint density at radius 3 is 2.79 bits per heavy atom. The number of carboxylic acid groups (broad SMARTS) is 1. The van der Waals surface area contributed by atoms with Crippen molar-refractivity contribution in [3.05, 3.63) is 17.2 Å². The zero-order valence-electron chi connectivity index (χ0n) is 16.0. The molecule has 0 spiro atoms. The van der Waals surface area contributed by atoms with Crippen molar-refractivity contribution in [1.82, 2.24) is 0 Å². The fraction of sp³-hybridized carbons (Fsp3) is 0.619. The Labute approximate surface area is 168 Å². The van der Waals surface area contributed by atoms with E-state index >= 15 is 0 Å². The summed E-state index contributed by atoms with van der Waals surface area (Å²) in [5.74, 6) is 0.0432. The third-order valence-electron chi connectivity index (χ3n) is 7.35. The van der Waals surface area contributed by atoms with Crippen LogP contribution >= 0.6 is 11.8 Å². The van der Waals surface area contributed by atoms with Gasteiger partial charge in [0.1, 0.15) is 11.8 Å². The molecule has 5 atom stereocenters. The SMILES string of the molecule is C[C@]12CC[C@@H]3c4c(cc(O)c(O)c4SC[C@@H](N)C(=O)O)CC[C@H]3[C@@H]1CCC2=O. The lowest BCUT2D eigenvalue weighted by molar-refractivity contribution is -0.138. The van der Waals surface area contributed by atoms with Crippen molar-refractivity contribution in [3.63, 3.8) is 0 Å². The second kappa shape index (κ2) is 6.95. The molecular weight excluding hydrogens is 378 g/mol. The van der Waals surface area contributed by atoms with Gasteiger partial charge in [0.15, 0.2) is 11.5 Å². The van der Waals surface area contributed by atoms with Crippen LogP contribution in [0.1, 0.15) is 56.1 Å². The average molecular weight is 406 g/mol. The van der Waals surface area contributed by atoms with Crippen LogP contribution in [0.5, 0.6) is 11.5 Å². The van der Waals surface area contributed by atoms with E-state index in [1.807, 2.05) is 0 Å². The number of Topliss-reactive ketones (excluding diaryl/α,β-unsaturated/α-hetero) is 1. The monoisotopic (exact) mass is 405 g/mol. The molecule has 0 amide bonds. The number of carbonyl (C=O) groups is 2. The highest BCUT2D eigenvalue weighted by molar-refractivity contribution is 7.99. The number of carbonyl (C=O) groups excluding carboxylic acids is 1. The maximum absolute atomic E-state index is 12.5. The van der Waals surface area contributed by atoms with Crippen LogP contribution in [0.25, 0.3) is 0 Å². The molecule has 2 saturated carbocycles. The number of benzene rings is 1. The summed E-state index contributed by atoms with van der Waals surface area (Å²) in [4.78, 5) is 24.2. The molecule has 0 aliphatic heterocycles. The van der Waals surface area contributed by atoms with Crippen LogP contribution in [0.4, 0.5) is 0 Å². The van der Waals surface area contributed by atoms with E-state index in [1.54, 1.807) is 6.07 Å². The summed E-state index contributed by atoms with van der Waals surface area (Å²) in [7, 11) is 0. The van der Waals surface area contributed by atoms with Gasteiger partial charge in [0.25, 0.3) is 0 Å². The van der Waals surface area contributed by atoms with Gasteiger partial charge in [-0.05, 0) is 67.1 Å². The van der Waals surface area contributed by atoms with E-state index in [9.17, 15) is 19.8 Å². The molecule has 0 radical (unpaired) electrons. The molecule has 1 aromatic carbocycles. The number of thioether (sulfide) groups is 1. The predicted octanol–water partition coefficient (Wildman–Crippen LogP) is 3.03. The second-order valence-electron chi connectivity index (χ2n) is 8.74. The minimum absolute atomic E-state index is 0.121. The first kappa shape index (κ1) is 19.6. The summed E-state index contributed by atoms with van der Waals surface area (Å²) in [5, 5.41) is 29.8. The number of hydrogen-bond acceptors (Lipinski definition) is 6. The summed E-state index contributed by atoms with van der Waals surface area (Å²) in [6.07, 6.45) is 5.09. The standard InChI is InChI=1S/C21H27NO5S/c1-21-7-6-12-11(13(21)4-5-16(21)24)3-2-10-8-15(23)18(25)19(17(10)12)28-9-14(22)20(26)27/h8,11-14,23,25H,2-7,9,22H2,1H3,(H,26,27)/t11-,12+,13+,14-,21+/m1/s1. The van der Waals surface area contributed by atoms with Gasteiger partial charge in [-0.2, -0.15) is 0 Å². The highest BCUT2D eigenvalue weighted by atomic mass is 32.2. The van der Waals surface area contributed by atoms with E-state index in [0.29, 0.717) is 28.9 Å². The molecule has 1 aromatic rings. The van der Waals surface area contributed by atoms with Crippen molar-refractivity contribution in [2.24, 2.45) is 23.0 Å². The molecule has 4 rings (SSSR count). The van der Waals surface area contributed by atoms with Gasteiger partial charge >= 0.3 is 5.97 Å². The molecular formula is C21H27NO5S. The molecule has 0 aromatic heterocycles. The number of nitrogens with two attached hydrogens (primary N) is 1. The number of phenolic OH excluding ortho intramolecular Hbond substituents is 2. The van der Waals surface area contributed by atoms with Crippen LogP contribution < -0.4 is 5.73 Å². The first-order valence-corrected chi connectivity index (χ1v) is 10.9. The fourth-order valence-corrected chi connectivity index (χ4v) is 7.01. The lowest BCUT2D eigenvalue weighted by atomic mass is 9.55. The molecule has 6 nitrogen and oxygen atoms in total. The lowest BCUT2D eigenvalue weighted by Crippen LogP contribution is -2.42. The number of aromatic hydroxyl groups is 2. The molecule has 28 heavy (non-hydrogen) atoms. The van der Waals surface area contributed by atoms with Crippen molar-refractivity contribution in [2.45, 2.75) is 62.3 Å². The minimum atomic E-state index is -1.09. The van der Waals surface area contributed by atoms with Gasteiger partial charge in [0.05, 0.1) is 4.90 Å². The largest absolute Gasteiger partial charge is 0.504 e. The van der Waals surface area contributed by atoms with Gasteiger partial charge in [-0.1, -0.05) is 6.92 Å². The molecule has 3 aliphatic rings. The number of carboxylic acids is 1. The van der Waals surface area contributed by atoms with Crippen molar-refractivity contribution < 1.29 is 24.9 Å². The summed E-state index contributed by atoms with van der Waals surface area (Å²) in [6.45, 7) is 2.12. The van der Waals surface area contributed by atoms with Gasteiger partial charge < -0.3 is 21.1 Å². The number of ketones is 1. The molecule has 0 bridgehead atoms. The zero-order valence-corrected chi connectivity index (χ0v) is 16.8. The Kier molecular flexibility index (Phi) is 4.86. The Balaban J connectivity index is 1.72. The first-order valence-electron chi connectivity index (χ1n) is 9.96. The van der Waals surface area contributed by atoms with E-state index in [4.69, 9.17) is 10.8 Å². The van der Waals surface area contributed by atoms with Crippen molar-refractivity contribution in [2.75, 3.05) is 5.75 Å². The first-order chi connectivity index (χ1) is 13.2. The molecule has 7 heteroatoms. The van der Waals surface area contributed by atoms with Crippen LogP contribution in [0.3, 0.4) is 0 Å². The number of fused-ring (bicyclic) bond motifs is 5. The molecule has 0 heterocycles. The third-order valence-corrected chi connectivity index (χ3v) is 8.58. The van der Waals surface area contributed by atoms with E-state index < -0.39 is 12.0 Å². The minimum Gasteiger partial charge on any atom is -0.504 e. The Morgan fingerprint density at radius 2 is 2.07 bits per heavy atom. The molecule has 2 fully saturated rings. The number of rotatable bonds is 4. The summed E-state index contributed by atoms with van der Waals surface area (Å²) in [5.41, 5.74) is 7.50. The Morgan fingerprint density at radius 1 is 1.32 bits per heavy atom. The van der Waals surface area contributed by atoms with Crippen LogP contribution in [-0.2, 0) is 16.0 Å². The van der Waals surface area contributed by atoms with Crippen molar-refractivity contribution >= 4 is 23.5 Å². The van der Waals surface area contributed by atoms with Crippen LogP contribution in [-0.4, -0.2) is 38.9 Å². The highest BCUT2D eigenvalue weighted by Gasteiger charge is 2.55. The van der Waals surface area contributed by atoms with Gasteiger partial charge in [0, 0.05) is 17.6 Å². The second-order valence-corrected chi connectivity index (χ2v) is 9.77. The van der Waals surface area contributed by atoms with Crippen LogP contribution in [0, 0.1) is 17.3 Å². The van der Waals surface area contributed by atoms with Crippen LogP contribution in [0.15, 0.2) is 11.0 Å². The van der Waals surface area contributed by atoms with Gasteiger partial charge in [-0.3, -0.25) is 9.59 Å². The van der Waals surface area contributed by atoms with Gasteiger partial charge in [-0.15, -0.1) is 11.8 Å². The van der Waals surface area contributed by atoms with Gasteiger partial charge in [0.2, 0.25) is 0 Å².